The Hall–Kier alpha value is -1.94. The summed E-state index contributed by atoms with van der Waals surface area (Å²) < 4.78 is 0. The van der Waals surface area contributed by atoms with Crippen molar-refractivity contribution in [2.24, 2.45) is 11.7 Å². The van der Waals surface area contributed by atoms with Gasteiger partial charge in [0.15, 0.2) is 0 Å². The molecule has 112 valence electrons. The molecule has 1 aromatic carbocycles. The Labute approximate surface area is 126 Å². The number of hydrogen-bond acceptors (Lipinski definition) is 3. The predicted octanol–water partition coefficient (Wildman–Crippen LogP) is 2.60. The van der Waals surface area contributed by atoms with Gasteiger partial charge in [-0.05, 0) is 25.0 Å². The third-order valence-corrected chi connectivity index (χ3v) is 3.90. The molecule has 1 aromatic heterocycles. The van der Waals surface area contributed by atoms with Crippen LogP contribution in [0, 0.1) is 12.8 Å². The minimum atomic E-state index is 0.000787. The number of aromatic nitrogens is 1. The number of amides is 1. The maximum Gasteiger partial charge on any atom is 0.254 e. The monoisotopic (exact) mass is 285 g/mol. The largest absolute Gasteiger partial charge is 0.337 e. The number of carbonyl (C=O) groups excluding carboxylic acids is 1. The highest BCUT2D eigenvalue weighted by atomic mass is 16.2. The number of nitrogens with zero attached hydrogens (tertiary/aromatic N) is 2. The van der Waals surface area contributed by atoms with Crippen molar-refractivity contribution < 1.29 is 4.79 Å². The van der Waals surface area contributed by atoms with Crippen molar-refractivity contribution in [3.8, 4) is 0 Å². The summed E-state index contributed by atoms with van der Waals surface area (Å²) in [5.74, 6) is 0.319. The van der Waals surface area contributed by atoms with E-state index in [0.717, 1.165) is 16.6 Å². The van der Waals surface area contributed by atoms with Gasteiger partial charge in [-0.25, -0.2) is 0 Å². The van der Waals surface area contributed by atoms with Gasteiger partial charge in [-0.1, -0.05) is 32.0 Å². The van der Waals surface area contributed by atoms with E-state index >= 15 is 0 Å². The molecule has 1 heterocycles. The number of nitrogens with two attached hydrogens (primary N) is 1. The quantitative estimate of drug-likeness (QED) is 0.939. The van der Waals surface area contributed by atoms with Gasteiger partial charge in [-0.15, -0.1) is 0 Å². The molecule has 2 aromatic rings. The van der Waals surface area contributed by atoms with Gasteiger partial charge < -0.3 is 10.6 Å². The summed E-state index contributed by atoms with van der Waals surface area (Å²) in [5.41, 5.74) is 8.22. The second-order valence-corrected chi connectivity index (χ2v) is 5.79. The Morgan fingerprint density at radius 2 is 2.00 bits per heavy atom. The fourth-order valence-electron chi connectivity index (χ4n) is 2.70. The standard InChI is InChI=1S/C17H23N3O/c1-11(2)16(10-18)20(4)17(21)14-9-12(3)19-15-8-6-5-7-13(14)15/h5-9,11,16H,10,18H2,1-4H3/t16-/m1/s1. The molecule has 2 N–H and O–H groups in total. The zero-order valence-corrected chi connectivity index (χ0v) is 13.1. The minimum absolute atomic E-state index is 0.000787. The summed E-state index contributed by atoms with van der Waals surface area (Å²) in [4.78, 5) is 19.1. The predicted molar refractivity (Wildman–Crippen MR) is 86.3 cm³/mol. The van der Waals surface area contributed by atoms with E-state index < -0.39 is 0 Å². The number of para-hydroxylation sites is 1. The highest BCUT2D eigenvalue weighted by Gasteiger charge is 2.24. The molecule has 0 saturated heterocycles. The third-order valence-electron chi connectivity index (χ3n) is 3.90. The molecule has 0 radical (unpaired) electrons. The number of aryl methyl sites for hydroxylation is 1. The van der Waals surface area contributed by atoms with E-state index in [2.05, 4.69) is 18.8 Å². The Kier molecular flexibility index (Phi) is 4.58. The molecule has 0 aliphatic heterocycles. The SMILES string of the molecule is Cc1cc(C(=O)N(C)[C@H](CN)C(C)C)c2ccccc2n1. The number of likely N-dealkylation sites (N-methyl/N-ethyl adjacent to an activating group) is 1. The lowest BCUT2D eigenvalue weighted by Crippen LogP contribution is -2.45. The molecule has 0 saturated carbocycles. The Bertz CT molecular complexity index is 652. The average molecular weight is 285 g/mol. The summed E-state index contributed by atoms with van der Waals surface area (Å²) in [6, 6.07) is 9.62. The van der Waals surface area contributed by atoms with Gasteiger partial charge in [0.1, 0.15) is 0 Å². The maximum absolute atomic E-state index is 12.9. The molecular weight excluding hydrogens is 262 g/mol. The summed E-state index contributed by atoms with van der Waals surface area (Å²) in [7, 11) is 1.82. The average Bonchev–Trinajstić information content (AvgIpc) is 2.45. The zero-order chi connectivity index (χ0) is 15.6. The van der Waals surface area contributed by atoms with E-state index in [1.165, 1.54) is 0 Å². The van der Waals surface area contributed by atoms with Crippen molar-refractivity contribution in [3.05, 3.63) is 41.6 Å². The first kappa shape index (κ1) is 15.4. The fraction of sp³-hybridized carbons (Fsp3) is 0.412. The van der Waals surface area contributed by atoms with Crippen molar-refractivity contribution in [2.45, 2.75) is 26.8 Å². The van der Waals surface area contributed by atoms with Crippen molar-refractivity contribution in [3.63, 3.8) is 0 Å². The van der Waals surface area contributed by atoms with Crippen molar-refractivity contribution in [2.75, 3.05) is 13.6 Å². The van der Waals surface area contributed by atoms with E-state index in [0.29, 0.717) is 18.0 Å². The van der Waals surface area contributed by atoms with Crippen LogP contribution in [0.3, 0.4) is 0 Å². The number of rotatable bonds is 4. The lowest BCUT2D eigenvalue weighted by atomic mass is 10.0. The van der Waals surface area contributed by atoms with E-state index in [4.69, 9.17) is 5.73 Å². The highest BCUT2D eigenvalue weighted by Crippen LogP contribution is 2.21. The summed E-state index contributed by atoms with van der Waals surface area (Å²) in [5, 5.41) is 0.888. The Balaban J connectivity index is 2.48. The molecule has 4 heteroatoms. The van der Waals surface area contributed by atoms with Crippen LogP contribution >= 0.6 is 0 Å². The Morgan fingerprint density at radius 3 is 2.62 bits per heavy atom. The van der Waals surface area contributed by atoms with E-state index in [-0.39, 0.29) is 11.9 Å². The topological polar surface area (TPSA) is 59.2 Å². The molecule has 1 amide bonds. The molecule has 21 heavy (non-hydrogen) atoms. The van der Waals surface area contributed by atoms with E-state index in [9.17, 15) is 4.79 Å². The second kappa shape index (κ2) is 6.22. The first-order chi connectivity index (χ1) is 9.95. The van der Waals surface area contributed by atoms with Gasteiger partial charge in [0.25, 0.3) is 5.91 Å². The normalized spacial score (nSPS) is 12.7. The lowest BCUT2D eigenvalue weighted by Gasteiger charge is -2.30. The number of benzene rings is 1. The van der Waals surface area contributed by atoms with Gasteiger partial charge in [0.2, 0.25) is 0 Å². The maximum atomic E-state index is 12.9. The van der Waals surface area contributed by atoms with Crippen molar-refractivity contribution in [1.29, 1.82) is 0 Å². The number of pyridine rings is 1. The van der Waals surface area contributed by atoms with Crippen LogP contribution in [0.4, 0.5) is 0 Å². The first-order valence-corrected chi connectivity index (χ1v) is 7.29. The number of carbonyl (C=O) groups is 1. The van der Waals surface area contributed by atoms with Gasteiger partial charge >= 0.3 is 0 Å². The Morgan fingerprint density at radius 1 is 1.33 bits per heavy atom. The molecule has 2 rings (SSSR count). The smallest absolute Gasteiger partial charge is 0.254 e. The molecule has 0 aliphatic carbocycles. The van der Waals surface area contributed by atoms with Gasteiger partial charge in [0.05, 0.1) is 11.1 Å². The van der Waals surface area contributed by atoms with E-state index in [1.807, 2.05) is 44.3 Å². The number of fused-ring (bicyclic) bond motifs is 1. The first-order valence-electron chi connectivity index (χ1n) is 7.29. The van der Waals surface area contributed by atoms with Crippen molar-refractivity contribution >= 4 is 16.8 Å². The zero-order valence-electron chi connectivity index (χ0n) is 13.1. The summed E-state index contributed by atoms with van der Waals surface area (Å²) in [6.07, 6.45) is 0. The van der Waals surface area contributed by atoms with Crippen molar-refractivity contribution in [1.82, 2.24) is 9.88 Å². The summed E-state index contributed by atoms with van der Waals surface area (Å²) in [6.45, 7) is 6.53. The molecular formula is C17H23N3O. The van der Waals surface area contributed by atoms with Crippen LogP contribution < -0.4 is 5.73 Å². The molecule has 0 spiro atoms. The molecule has 0 unspecified atom stereocenters. The molecule has 0 fully saturated rings. The van der Waals surface area contributed by atoms with Gasteiger partial charge in [-0.3, -0.25) is 9.78 Å². The van der Waals surface area contributed by atoms with Crippen LogP contribution in [-0.2, 0) is 0 Å². The van der Waals surface area contributed by atoms with Crippen LogP contribution in [0.2, 0.25) is 0 Å². The minimum Gasteiger partial charge on any atom is -0.337 e. The molecule has 0 aliphatic rings. The number of hydrogen-bond donors (Lipinski definition) is 1. The molecule has 4 nitrogen and oxygen atoms in total. The third kappa shape index (κ3) is 3.05. The molecule has 1 atom stereocenters. The van der Waals surface area contributed by atoms with E-state index in [1.54, 1.807) is 4.90 Å². The van der Waals surface area contributed by atoms with Gasteiger partial charge in [-0.2, -0.15) is 0 Å². The fourth-order valence-corrected chi connectivity index (χ4v) is 2.70. The van der Waals surface area contributed by atoms with Gasteiger partial charge in [0, 0.05) is 30.7 Å². The molecule has 0 bridgehead atoms. The summed E-state index contributed by atoms with van der Waals surface area (Å²) >= 11 is 0. The van der Waals surface area contributed by atoms with Crippen LogP contribution in [0.1, 0.15) is 29.9 Å². The van der Waals surface area contributed by atoms with Crippen LogP contribution in [0.15, 0.2) is 30.3 Å². The highest BCUT2D eigenvalue weighted by molar-refractivity contribution is 6.06. The lowest BCUT2D eigenvalue weighted by molar-refractivity contribution is 0.0698. The van der Waals surface area contributed by atoms with Crippen LogP contribution in [0.25, 0.3) is 10.9 Å². The van der Waals surface area contributed by atoms with Crippen LogP contribution in [-0.4, -0.2) is 35.4 Å². The van der Waals surface area contributed by atoms with Crippen LogP contribution in [0.5, 0.6) is 0 Å². The second-order valence-electron chi connectivity index (χ2n) is 5.79.